The highest BCUT2D eigenvalue weighted by atomic mass is 16.4. The molecule has 0 aromatic rings. The van der Waals surface area contributed by atoms with Gasteiger partial charge in [-0.2, -0.15) is 0 Å². The van der Waals surface area contributed by atoms with E-state index in [0.717, 1.165) is 45.1 Å². The van der Waals surface area contributed by atoms with Crippen molar-refractivity contribution in [2.45, 2.75) is 71.3 Å². The summed E-state index contributed by atoms with van der Waals surface area (Å²) in [5.74, 6) is -0.837. The van der Waals surface area contributed by atoms with Crippen LogP contribution in [0.5, 0.6) is 0 Å². The van der Waals surface area contributed by atoms with Crippen molar-refractivity contribution < 1.29 is 19.5 Å². The standard InChI is InChI=1S/C20H35N3O4/c1-14(2)12-21-20(27)23-10-6-7-15(13-23)11-18(24)22-17-9-5-3-4-8-16(17)19(25)26/h14-17H,3-13H2,1-2H3,(H,21,27)(H,22,24)(H,25,26)/t15?,16-,17+/m1/s1. The quantitative estimate of drug-likeness (QED) is 0.616. The predicted octanol–water partition coefficient (Wildman–Crippen LogP) is 2.60. The minimum absolute atomic E-state index is 0.0523. The van der Waals surface area contributed by atoms with Crippen LogP contribution in [0.4, 0.5) is 4.79 Å². The van der Waals surface area contributed by atoms with Crippen LogP contribution in [0, 0.1) is 17.8 Å². The van der Waals surface area contributed by atoms with Crippen LogP contribution in [0.25, 0.3) is 0 Å². The van der Waals surface area contributed by atoms with Gasteiger partial charge in [0, 0.05) is 32.1 Å². The molecule has 1 heterocycles. The number of carboxylic acids is 1. The second-order valence-electron chi connectivity index (χ2n) is 8.50. The fourth-order valence-corrected chi connectivity index (χ4v) is 4.12. The minimum atomic E-state index is -0.812. The molecule has 0 aromatic carbocycles. The number of carboxylic acid groups (broad SMARTS) is 1. The molecule has 2 aliphatic rings. The summed E-state index contributed by atoms with van der Waals surface area (Å²) in [7, 11) is 0. The number of rotatable bonds is 6. The van der Waals surface area contributed by atoms with Gasteiger partial charge in [0.1, 0.15) is 0 Å². The van der Waals surface area contributed by atoms with Crippen molar-refractivity contribution in [2.24, 2.45) is 17.8 Å². The van der Waals surface area contributed by atoms with Gasteiger partial charge in [0.2, 0.25) is 5.91 Å². The molecule has 0 radical (unpaired) electrons. The van der Waals surface area contributed by atoms with Crippen LogP contribution in [0.2, 0.25) is 0 Å². The first-order valence-corrected chi connectivity index (χ1v) is 10.4. The molecule has 0 aromatic heterocycles. The molecule has 1 aliphatic carbocycles. The number of carbonyl (C=O) groups excluding carboxylic acids is 2. The van der Waals surface area contributed by atoms with Gasteiger partial charge in [-0.3, -0.25) is 9.59 Å². The molecule has 3 atom stereocenters. The minimum Gasteiger partial charge on any atom is -0.481 e. The molecule has 1 unspecified atom stereocenters. The lowest BCUT2D eigenvalue weighted by Gasteiger charge is -2.33. The Balaban J connectivity index is 1.83. The van der Waals surface area contributed by atoms with Crippen molar-refractivity contribution in [2.75, 3.05) is 19.6 Å². The molecular formula is C20H35N3O4. The van der Waals surface area contributed by atoms with Crippen molar-refractivity contribution in [1.29, 1.82) is 0 Å². The van der Waals surface area contributed by atoms with E-state index >= 15 is 0 Å². The van der Waals surface area contributed by atoms with Gasteiger partial charge in [0.25, 0.3) is 0 Å². The van der Waals surface area contributed by atoms with E-state index in [4.69, 9.17) is 0 Å². The van der Waals surface area contributed by atoms with Crippen molar-refractivity contribution in [3.05, 3.63) is 0 Å². The maximum absolute atomic E-state index is 12.5. The van der Waals surface area contributed by atoms with E-state index in [1.807, 2.05) is 0 Å². The molecule has 1 saturated heterocycles. The molecule has 0 bridgehead atoms. The van der Waals surface area contributed by atoms with Gasteiger partial charge >= 0.3 is 12.0 Å². The third-order valence-corrected chi connectivity index (χ3v) is 5.62. The molecule has 2 fully saturated rings. The zero-order valence-corrected chi connectivity index (χ0v) is 16.7. The van der Waals surface area contributed by atoms with Gasteiger partial charge in [-0.05, 0) is 37.5 Å². The van der Waals surface area contributed by atoms with Gasteiger partial charge in [-0.1, -0.05) is 33.1 Å². The first kappa shape index (κ1) is 21.5. The monoisotopic (exact) mass is 381 g/mol. The number of nitrogens with zero attached hydrogens (tertiary/aromatic N) is 1. The van der Waals surface area contributed by atoms with E-state index in [1.165, 1.54) is 0 Å². The maximum atomic E-state index is 12.5. The topological polar surface area (TPSA) is 98.7 Å². The Hall–Kier alpha value is -1.79. The Morgan fingerprint density at radius 3 is 2.52 bits per heavy atom. The summed E-state index contributed by atoms with van der Waals surface area (Å²) < 4.78 is 0. The van der Waals surface area contributed by atoms with E-state index in [0.29, 0.717) is 31.8 Å². The molecule has 1 aliphatic heterocycles. The number of carbonyl (C=O) groups is 3. The zero-order valence-electron chi connectivity index (χ0n) is 16.7. The van der Waals surface area contributed by atoms with Crippen LogP contribution in [-0.4, -0.2) is 53.6 Å². The fourth-order valence-electron chi connectivity index (χ4n) is 4.12. The highest BCUT2D eigenvalue weighted by Crippen LogP contribution is 2.25. The Morgan fingerprint density at radius 2 is 1.81 bits per heavy atom. The van der Waals surface area contributed by atoms with Crippen molar-refractivity contribution in [3.8, 4) is 0 Å². The van der Waals surface area contributed by atoms with Crippen LogP contribution in [0.1, 0.15) is 65.2 Å². The van der Waals surface area contributed by atoms with Gasteiger partial charge in [0.15, 0.2) is 0 Å². The van der Waals surface area contributed by atoms with Crippen LogP contribution in [0.15, 0.2) is 0 Å². The highest BCUT2D eigenvalue weighted by Gasteiger charge is 2.32. The van der Waals surface area contributed by atoms with E-state index in [-0.39, 0.29) is 23.9 Å². The summed E-state index contributed by atoms with van der Waals surface area (Å²) in [6.07, 6.45) is 6.44. The first-order valence-electron chi connectivity index (χ1n) is 10.4. The summed E-state index contributed by atoms with van der Waals surface area (Å²) in [6, 6.07) is -0.324. The van der Waals surface area contributed by atoms with Crippen molar-refractivity contribution >= 4 is 17.9 Å². The molecule has 27 heavy (non-hydrogen) atoms. The normalized spacial score (nSPS) is 26.3. The number of amides is 3. The lowest BCUT2D eigenvalue weighted by molar-refractivity contribution is -0.143. The first-order chi connectivity index (χ1) is 12.9. The molecular weight excluding hydrogens is 346 g/mol. The second-order valence-corrected chi connectivity index (χ2v) is 8.50. The van der Waals surface area contributed by atoms with Crippen LogP contribution in [0.3, 0.4) is 0 Å². The second kappa shape index (κ2) is 10.5. The predicted molar refractivity (Wildman–Crippen MR) is 103 cm³/mol. The van der Waals surface area contributed by atoms with Gasteiger partial charge in [0.05, 0.1) is 5.92 Å². The summed E-state index contributed by atoms with van der Waals surface area (Å²) in [5, 5.41) is 15.4. The number of piperidine rings is 1. The maximum Gasteiger partial charge on any atom is 0.317 e. The smallest absolute Gasteiger partial charge is 0.317 e. The SMILES string of the molecule is CC(C)CNC(=O)N1CCCC(CC(=O)N[C@H]2CCCCC[C@H]2C(=O)O)C1. The van der Waals surface area contributed by atoms with Crippen LogP contribution in [-0.2, 0) is 9.59 Å². The number of aliphatic carboxylic acids is 1. The van der Waals surface area contributed by atoms with E-state index < -0.39 is 11.9 Å². The van der Waals surface area contributed by atoms with Crippen molar-refractivity contribution in [1.82, 2.24) is 15.5 Å². The van der Waals surface area contributed by atoms with E-state index in [9.17, 15) is 19.5 Å². The van der Waals surface area contributed by atoms with Crippen LogP contribution >= 0.6 is 0 Å². The van der Waals surface area contributed by atoms with Gasteiger partial charge in [-0.25, -0.2) is 4.79 Å². The van der Waals surface area contributed by atoms with Gasteiger partial charge < -0.3 is 20.6 Å². The fraction of sp³-hybridized carbons (Fsp3) is 0.850. The average Bonchev–Trinajstić information content (AvgIpc) is 2.85. The molecule has 2 rings (SSSR count). The third-order valence-electron chi connectivity index (χ3n) is 5.62. The lowest BCUT2D eigenvalue weighted by Crippen LogP contribution is -2.48. The number of hydrogen-bond donors (Lipinski definition) is 3. The molecule has 0 spiro atoms. The van der Waals surface area contributed by atoms with Crippen molar-refractivity contribution in [3.63, 3.8) is 0 Å². The molecule has 1 saturated carbocycles. The summed E-state index contributed by atoms with van der Waals surface area (Å²) >= 11 is 0. The summed E-state index contributed by atoms with van der Waals surface area (Å²) in [5.41, 5.74) is 0. The Morgan fingerprint density at radius 1 is 1.07 bits per heavy atom. The zero-order chi connectivity index (χ0) is 19.8. The van der Waals surface area contributed by atoms with Gasteiger partial charge in [-0.15, -0.1) is 0 Å². The largest absolute Gasteiger partial charge is 0.481 e. The summed E-state index contributed by atoms with van der Waals surface area (Å²) in [6.45, 7) is 6.08. The Bertz CT molecular complexity index is 523. The third kappa shape index (κ3) is 7.03. The highest BCUT2D eigenvalue weighted by molar-refractivity contribution is 5.78. The number of urea groups is 1. The average molecular weight is 382 g/mol. The molecule has 7 heteroatoms. The molecule has 7 nitrogen and oxygen atoms in total. The number of hydrogen-bond acceptors (Lipinski definition) is 3. The van der Waals surface area contributed by atoms with Crippen LogP contribution < -0.4 is 10.6 Å². The van der Waals surface area contributed by atoms with E-state index in [1.54, 1.807) is 4.90 Å². The molecule has 154 valence electrons. The van der Waals surface area contributed by atoms with E-state index in [2.05, 4.69) is 24.5 Å². The Labute approximate surface area is 162 Å². The lowest BCUT2D eigenvalue weighted by atomic mass is 9.92. The Kier molecular flexibility index (Phi) is 8.38. The molecule has 3 amide bonds. The number of likely N-dealkylation sites (tertiary alicyclic amines) is 1. The molecule has 3 N–H and O–H groups in total. The summed E-state index contributed by atoms with van der Waals surface area (Å²) in [4.78, 5) is 38.1. The number of nitrogens with one attached hydrogen (secondary N) is 2.